The molecule has 1 aromatic rings. The number of thioether (sulfide) groups is 1. The lowest BCUT2D eigenvalue weighted by Crippen LogP contribution is -2.27. The van der Waals surface area contributed by atoms with Crippen LogP contribution in [0, 0.1) is 0 Å². The maximum atomic E-state index is 5.23. The monoisotopic (exact) mass is 228 g/mol. The highest BCUT2D eigenvalue weighted by molar-refractivity contribution is 7.98. The second kappa shape index (κ2) is 6.90. The molecule has 0 radical (unpaired) electrons. The zero-order valence-corrected chi connectivity index (χ0v) is 10.6. The normalized spacial score (nSPS) is 13.0. The van der Waals surface area contributed by atoms with Crippen LogP contribution in [0.5, 0.6) is 0 Å². The van der Waals surface area contributed by atoms with Gasteiger partial charge in [-0.25, -0.2) is 0 Å². The maximum Gasteiger partial charge on any atom is 0.150 e. The zero-order valence-electron chi connectivity index (χ0n) is 9.75. The Morgan fingerprint density at radius 2 is 2.40 bits per heavy atom. The van der Waals surface area contributed by atoms with Crippen molar-refractivity contribution in [2.24, 2.45) is 0 Å². The lowest BCUT2D eigenvalue weighted by atomic mass is 10.2. The number of nitrogens with one attached hydrogen (secondary N) is 1. The van der Waals surface area contributed by atoms with E-state index in [9.17, 15) is 0 Å². The quantitative estimate of drug-likeness (QED) is 0.778. The second-order valence-corrected chi connectivity index (χ2v) is 4.68. The van der Waals surface area contributed by atoms with Crippen molar-refractivity contribution in [1.29, 1.82) is 0 Å². The summed E-state index contributed by atoms with van der Waals surface area (Å²) in [6.45, 7) is 5.10. The molecule has 15 heavy (non-hydrogen) atoms. The Hall–Kier alpha value is -0.480. The van der Waals surface area contributed by atoms with Gasteiger partial charge in [0.15, 0.2) is 5.76 Å². The summed E-state index contributed by atoms with van der Waals surface area (Å²) in [5.74, 6) is 2.06. The molecular weight excluding hydrogens is 208 g/mol. The van der Waals surface area contributed by atoms with Crippen molar-refractivity contribution in [3.8, 4) is 0 Å². The summed E-state index contributed by atoms with van der Waals surface area (Å²) in [5.41, 5.74) is 1.06. The second-order valence-electron chi connectivity index (χ2n) is 3.77. The van der Waals surface area contributed by atoms with E-state index in [1.165, 1.54) is 0 Å². The Morgan fingerprint density at radius 1 is 1.60 bits per heavy atom. The van der Waals surface area contributed by atoms with Crippen molar-refractivity contribution in [2.45, 2.75) is 39.3 Å². The van der Waals surface area contributed by atoms with Gasteiger partial charge in [-0.1, -0.05) is 18.5 Å². The number of nitrogens with zero attached hydrogens (tertiary/aromatic N) is 1. The van der Waals surface area contributed by atoms with Crippen LogP contribution in [0.4, 0.5) is 0 Å². The smallest absolute Gasteiger partial charge is 0.150 e. The van der Waals surface area contributed by atoms with Gasteiger partial charge in [0.05, 0.1) is 12.2 Å². The summed E-state index contributed by atoms with van der Waals surface area (Å²) in [7, 11) is 0. The summed E-state index contributed by atoms with van der Waals surface area (Å²) in [5, 5.41) is 7.41. The number of hydrogen-bond acceptors (Lipinski definition) is 4. The van der Waals surface area contributed by atoms with Crippen molar-refractivity contribution in [3.05, 3.63) is 17.5 Å². The van der Waals surface area contributed by atoms with E-state index >= 15 is 0 Å². The third-order valence-electron chi connectivity index (χ3n) is 2.16. The first-order chi connectivity index (χ1) is 7.26. The third-order valence-corrected chi connectivity index (χ3v) is 2.99. The molecule has 0 fully saturated rings. The molecule has 1 aromatic heterocycles. The van der Waals surface area contributed by atoms with Crippen LogP contribution in [0.3, 0.4) is 0 Å². The molecule has 0 aromatic carbocycles. The molecule has 0 spiro atoms. The Labute approximate surface area is 96.0 Å². The van der Waals surface area contributed by atoms with E-state index in [2.05, 4.69) is 30.6 Å². The van der Waals surface area contributed by atoms with Gasteiger partial charge in [-0.05, 0) is 19.6 Å². The topological polar surface area (TPSA) is 38.1 Å². The van der Waals surface area contributed by atoms with Crippen molar-refractivity contribution in [1.82, 2.24) is 10.5 Å². The van der Waals surface area contributed by atoms with Crippen LogP contribution in [0.2, 0.25) is 0 Å². The van der Waals surface area contributed by atoms with E-state index in [0.717, 1.165) is 36.6 Å². The first-order valence-electron chi connectivity index (χ1n) is 5.43. The van der Waals surface area contributed by atoms with E-state index < -0.39 is 0 Å². The van der Waals surface area contributed by atoms with Crippen molar-refractivity contribution >= 4 is 11.8 Å². The van der Waals surface area contributed by atoms with Gasteiger partial charge in [-0.2, -0.15) is 11.8 Å². The first kappa shape index (κ1) is 12.6. The van der Waals surface area contributed by atoms with Crippen molar-refractivity contribution in [2.75, 3.05) is 12.0 Å². The SMILES string of the molecule is CCCc1cc(CNC(C)CSC)on1. The highest BCUT2D eigenvalue weighted by Gasteiger charge is 2.05. The average Bonchev–Trinajstić information content (AvgIpc) is 2.64. The van der Waals surface area contributed by atoms with Crippen LogP contribution in [0.25, 0.3) is 0 Å². The lowest BCUT2D eigenvalue weighted by molar-refractivity contribution is 0.363. The highest BCUT2D eigenvalue weighted by atomic mass is 32.2. The molecule has 1 atom stereocenters. The molecule has 0 saturated carbocycles. The molecule has 1 heterocycles. The first-order valence-corrected chi connectivity index (χ1v) is 6.82. The molecule has 3 nitrogen and oxygen atoms in total. The number of aromatic nitrogens is 1. The van der Waals surface area contributed by atoms with Gasteiger partial charge in [-0.15, -0.1) is 0 Å². The van der Waals surface area contributed by atoms with Crippen LogP contribution >= 0.6 is 11.8 Å². The van der Waals surface area contributed by atoms with E-state index in [1.807, 2.05) is 17.8 Å². The summed E-state index contributed by atoms with van der Waals surface area (Å²) >= 11 is 1.85. The molecule has 0 saturated heterocycles. The minimum absolute atomic E-state index is 0.514. The van der Waals surface area contributed by atoms with Gasteiger partial charge < -0.3 is 9.84 Å². The lowest BCUT2D eigenvalue weighted by Gasteiger charge is -2.09. The molecule has 1 rings (SSSR count). The van der Waals surface area contributed by atoms with E-state index in [1.54, 1.807) is 0 Å². The molecule has 0 bridgehead atoms. The Morgan fingerprint density at radius 3 is 3.07 bits per heavy atom. The fourth-order valence-corrected chi connectivity index (χ4v) is 2.01. The summed E-state index contributed by atoms with van der Waals surface area (Å²) in [6, 6.07) is 2.56. The van der Waals surface area contributed by atoms with E-state index in [-0.39, 0.29) is 0 Å². The largest absolute Gasteiger partial charge is 0.360 e. The Balaban J connectivity index is 2.30. The van der Waals surface area contributed by atoms with Crippen LogP contribution in [-0.4, -0.2) is 23.2 Å². The van der Waals surface area contributed by atoms with Crippen molar-refractivity contribution in [3.63, 3.8) is 0 Å². The molecule has 1 unspecified atom stereocenters. The van der Waals surface area contributed by atoms with Gasteiger partial charge in [0.25, 0.3) is 0 Å². The summed E-state index contributed by atoms with van der Waals surface area (Å²) < 4.78 is 5.23. The molecule has 0 amide bonds. The van der Waals surface area contributed by atoms with Gasteiger partial charge in [0.2, 0.25) is 0 Å². The van der Waals surface area contributed by atoms with Crippen LogP contribution in [0.15, 0.2) is 10.6 Å². The number of aryl methyl sites for hydroxylation is 1. The molecule has 0 aliphatic rings. The Bertz CT molecular complexity index is 275. The predicted octanol–water partition coefficient (Wildman–Crippen LogP) is 2.47. The predicted molar refractivity (Wildman–Crippen MR) is 65.2 cm³/mol. The van der Waals surface area contributed by atoms with Crippen molar-refractivity contribution < 1.29 is 4.52 Å². The van der Waals surface area contributed by atoms with E-state index in [4.69, 9.17) is 4.52 Å². The highest BCUT2D eigenvalue weighted by Crippen LogP contribution is 2.06. The standard InChI is InChI=1S/C11H20N2OS/c1-4-5-10-6-11(14-13-10)7-12-9(2)8-15-3/h6,9,12H,4-5,7-8H2,1-3H3. The third kappa shape index (κ3) is 4.71. The van der Waals surface area contributed by atoms with Crippen LogP contribution in [0.1, 0.15) is 31.7 Å². The van der Waals surface area contributed by atoms with E-state index in [0.29, 0.717) is 6.04 Å². The van der Waals surface area contributed by atoms with Gasteiger partial charge in [-0.3, -0.25) is 0 Å². The minimum Gasteiger partial charge on any atom is -0.360 e. The molecule has 0 aliphatic carbocycles. The molecule has 0 aliphatic heterocycles. The minimum atomic E-state index is 0.514. The summed E-state index contributed by atoms with van der Waals surface area (Å²) in [6.07, 6.45) is 4.23. The maximum absolute atomic E-state index is 5.23. The summed E-state index contributed by atoms with van der Waals surface area (Å²) in [4.78, 5) is 0. The molecular formula is C11H20N2OS. The van der Waals surface area contributed by atoms with Gasteiger partial charge in [0.1, 0.15) is 0 Å². The average molecular weight is 228 g/mol. The van der Waals surface area contributed by atoms with Crippen LogP contribution < -0.4 is 5.32 Å². The number of hydrogen-bond donors (Lipinski definition) is 1. The fourth-order valence-electron chi connectivity index (χ4n) is 1.40. The van der Waals surface area contributed by atoms with Crippen LogP contribution in [-0.2, 0) is 13.0 Å². The molecule has 86 valence electrons. The Kier molecular flexibility index (Phi) is 5.79. The molecule has 1 N–H and O–H groups in total. The fraction of sp³-hybridized carbons (Fsp3) is 0.727. The number of rotatable bonds is 7. The van der Waals surface area contributed by atoms with Gasteiger partial charge in [0, 0.05) is 17.9 Å². The zero-order chi connectivity index (χ0) is 11.1. The molecule has 4 heteroatoms. The van der Waals surface area contributed by atoms with Gasteiger partial charge >= 0.3 is 0 Å².